The van der Waals surface area contributed by atoms with Crippen molar-refractivity contribution in [2.24, 2.45) is 0 Å². The summed E-state index contributed by atoms with van der Waals surface area (Å²) in [5.41, 5.74) is 2.85. The molecule has 0 saturated carbocycles. The van der Waals surface area contributed by atoms with E-state index in [0.29, 0.717) is 23.7 Å². The molecule has 0 aromatic heterocycles. The lowest BCUT2D eigenvalue weighted by atomic mass is 10.0. The number of benzene rings is 2. The van der Waals surface area contributed by atoms with Crippen molar-refractivity contribution in [3.8, 4) is 5.75 Å². The number of alkyl halides is 4. The van der Waals surface area contributed by atoms with E-state index in [4.69, 9.17) is 11.6 Å². The Labute approximate surface area is 161 Å². The first-order valence-electron chi connectivity index (χ1n) is 7.76. The molecule has 3 nitrogen and oxygen atoms in total. The Balaban J connectivity index is 1.87. The molecular weight excluding hydrogens is 435 g/mol. The molecule has 0 aliphatic carbocycles. The molecule has 2 aromatic rings. The Morgan fingerprint density at radius 3 is 2.65 bits per heavy atom. The van der Waals surface area contributed by atoms with Crippen molar-refractivity contribution in [2.75, 3.05) is 11.4 Å². The third kappa shape index (κ3) is 3.99. The number of anilines is 1. The molecule has 0 bridgehead atoms. The molecule has 0 spiro atoms. The van der Waals surface area contributed by atoms with E-state index in [1.54, 1.807) is 24.3 Å². The zero-order valence-electron chi connectivity index (χ0n) is 13.6. The molecular formula is C18H14BrClF3NO2. The molecule has 0 fully saturated rings. The fraction of sp³-hybridized carbons (Fsp3) is 0.278. The molecule has 138 valence electrons. The standard InChI is InChI=1S/C18H14BrClF3NO2/c1-10-8-12(20)3-5-14(10)16(19)17(25)24-7-6-11-2-4-13(9-15(11)24)26-18(21,22)23/h2-5,8-9,16H,6-7H2,1H3. The van der Waals surface area contributed by atoms with Crippen LogP contribution in [0.3, 0.4) is 0 Å². The van der Waals surface area contributed by atoms with Gasteiger partial charge >= 0.3 is 6.36 Å². The first kappa shape index (κ1) is 19.0. The van der Waals surface area contributed by atoms with Crippen molar-refractivity contribution in [3.05, 3.63) is 58.1 Å². The van der Waals surface area contributed by atoms with Crippen molar-refractivity contribution >= 4 is 39.1 Å². The zero-order valence-corrected chi connectivity index (χ0v) is 16.0. The van der Waals surface area contributed by atoms with Crippen LogP contribution in [0.4, 0.5) is 18.9 Å². The first-order valence-corrected chi connectivity index (χ1v) is 9.05. The lowest BCUT2D eigenvalue weighted by Gasteiger charge is -2.22. The third-order valence-electron chi connectivity index (χ3n) is 4.17. The average Bonchev–Trinajstić information content (AvgIpc) is 2.95. The van der Waals surface area contributed by atoms with Crippen molar-refractivity contribution in [1.82, 2.24) is 0 Å². The van der Waals surface area contributed by atoms with Gasteiger partial charge in [0.2, 0.25) is 5.91 Å². The lowest BCUT2D eigenvalue weighted by Crippen LogP contribution is -2.32. The number of amides is 1. The summed E-state index contributed by atoms with van der Waals surface area (Å²) in [6.07, 6.45) is -4.20. The second-order valence-corrected chi connectivity index (χ2v) is 7.29. The van der Waals surface area contributed by atoms with Crippen LogP contribution in [0.15, 0.2) is 36.4 Å². The maximum absolute atomic E-state index is 12.9. The second kappa shape index (κ2) is 7.12. The highest BCUT2D eigenvalue weighted by Crippen LogP contribution is 2.37. The Kier molecular flexibility index (Phi) is 5.21. The molecule has 1 heterocycles. The molecule has 1 atom stereocenters. The summed E-state index contributed by atoms with van der Waals surface area (Å²) in [6.45, 7) is 2.24. The van der Waals surface area contributed by atoms with Crippen LogP contribution in [0.1, 0.15) is 21.5 Å². The van der Waals surface area contributed by atoms with Gasteiger partial charge in [-0.2, -0.15) is 0 Å². The van der Waals surface area contributed by atoms with Crippen LogP contribution < -0.4 is 9.64 Å². The number of rotatable bonds is 3. The minimum atomic E-state index is -4.78. The van der Waals surface area contributed by atoms with Crippen molar-refractivity contribution in [2.45, 2.75) is 24.5 Å². The van der Waals surface area contributed by atoms with E-state index in [9.17, 15) is 18.0 Å². The summed E-state index contributed by atoms with van der Waals surface area (Å²) in [5.74, 6) is -0.594. The van der Waals surface area contributed by atoms with Gasteiger partial charge < -0.3 is 9.64 Å². The second-order valence-electron chi connectivity index (χ2n) is 5.94. The van der Waals surface area contributed by atoms with E-state index < -0.39 is 11.2 Å². The largest absolute Gasteiger partial charge is 0.573 e. The molecule has 3 rings (SSSR count). The van der Waals surface area contributed by atoms with E-state index in [2.05, 4.69) is 20.7 Å². The fourth-order valence-corrected chi connectivity index (χ4v) is 3.97. The minimum Gasteiger partial charge on any atom is -0.406 e. The van der Waals surface area contributed by atoms with Gasteiger partial charge in [0, 0.05) is 17.6 Å². The quantitative estimate of drug-likeness (QED) is 0.574. The highest BCUT2D eigenvalue weighted by Gasteiger charge is 2.34. The van der Waals surface area contributed by atoms with Gasteiger partial charge in [-0.05, 0) is 48.2 Å². The average molecular weight is 449 g/mol. The van der Waals surface area contributed by atoms with Gasteiger partial charge in [-0.3, -0.25) is 4.79 Å². The molecule has 26 heavy (non-hydrogen) atoms. The fourth-order valence-electron chi connectivity index (χ4n) is 2.98. The highest BCUT2D eigenvalue weighted by atomic mass is 79.9. The topological polar surface area (TPSA) is 29.5 Å². The van der Waals surface area contributed by atoms with Gasteiger partial charge in [0.05, 0.1) is 5.69 Å². The SMILES string of the molecule is Cc1cc(Cl)ccc1C(Br)C(=O)N1CCc2ccc(OC(F)(F)F)cc21. The first-order chi connectivity index (χ1) is 12.2. The Morgan fingerprint density at radius 2 is 2.00 bits per heavy atom. The molecule has 1 unspecified atom stereocenters. The van der Waals surface area contributed by atoms with Crippen LogP contribution in [-0.2, 0) is 11.2 Å². The number of halogens is 5. The minimum absolute atomic E-state index is 0.252. The van der Waals surface area contributed by atoms with Crippen LogP contribution in [0.25, 0.3) is 0 Å². The molecule has 1 aliphatic rings. The summed E-state index contributed by atoms with van der Waals surface area (Å²) in [6, 6.07) is 9.28. The molecule has 8 heteroatoms. The number of nitrogens with zero attached hydrogens (tertiary/aromatic N) is 1. The van der Waals surface area contributed by atoms with Crippen LogP contribution in [0.5, 0.6) is 5.75 Å². The Morgan fingerprint density at radius 1 is 1.27 bits per heavy atom. The van der Waals surface area contributed by atoms with Gasteiger partial charge in [0.15, 0.2) is 0 Å². The van der Waals surface area contributed by atoms with Crippen LogP contribution >= 0.6 is 27.5 Å². The van der Waals surface area contributed by atoms with Gasteiger partial charge in [0.1, 0.15) is 10.6 Å². The number of fused-ring (bicyclic) bond motifs is 1. The van der Waals surface area contributed by atoms with Crippen LogP contribution in [0.2, 0.25) is 5.02 Å². The Hall–Kier alpha value is -1.73. The maximum atomic E-state index is 12.9. The molecule has 2 aromatic carbocycles. The van der Waals surface area contributed by atoms with Gasteiger partial charge in [-0.25, -0.2) is 0 Å². The number of ether oxygens (including phenoxy) is 1. The number of hydrogen-bond acceptors (Lipinski definition) is 2. The third-order valence-corrected chi connectivity index (χ3v) is 5.29. The number of hydrogen-bond donors (Lipinski definition) is 0. The summed E-state index contributed by atoms with van der Waals surface area (Å²) in [7, 11) is 0. The van der Waals surface area contributed by atoms with E-state index in [1.165, 1.54) is 17.0 Å². The lowest BCUT2D eigenvalue weighted by molar-refractivity contribution is -0.274. The van der Waals surface area contributed by atoms with Gasteiger partial charge in [0.25, 0.3) is 0 Å². The van der Waals surface area contributed by atoms with Crippen molar-refractivity contribution in [1.29, 1.82) is 0 Å². The zero-order chi connectivity index (χ0) is 19.1. The molecule has 1 aliphatic heterocycles. The maximum Gasteiger partial charge on any atom is 0.573 e. The highest BCUT2D eigenvalue weighted by molar-refractivity contribution is 9.09. The van der Waals surface area contributed by atoms with Crippen LogP contribution in [0, 0.1) is 6.92 Å². The van der Waals surface area contributed by atoms with Gasteiger partial charge in [-0.15, -0.1) is 13.2 Å². The van der Waals surface area contributed by atoms with E-state index in [0.717, 1.165) is 16.7 Å². The van der Waals surface area contributed by atoms with Crippen molar-refractivity contribution < 1.29 is 22.7 Å². The normalized spacial score (nSPS) is 14.9. The molecule has 0 saturated heterocycles. The van der Waals surface area contributed by atoms with E-state index >= 15 is 0 Å². The number of aryl methyl sites for hydroxylation is 1. The molecule has 1 amide bonds. The summed E-state index contributed by atoms with van der Waals surface area (Å²) in [4.78, 5) is 13.8. The smallest absolute Gasteiger partial charge is 0.406 e. The van der Waals surface area contributed by atoms with Crippen LogP contribution in [-0.4, -0.2) is 18.8 Å². The van der Waals surface area contributed by atoms with E-state index in [-0.39, 0.29) is 11.7 Å². The summed E-state index contributed by atoms with van der Waals surface area (Å²) in [5, 5.41) is 0.568. The monoisotopic (exact) mass is 447 g/mol. The summed E-state index contributed by atoms with van der Waals surface area (Å²) >= 11 is 9.36. The summed E-state index contributed by atoms with van der Waals surface area (Å²) < 4.78 is 41.3. The predicted molar refractivity (Wildman–Crippen MR) is 97.0 cm³/mol. The Bertz CT molecular complexity index is 857. The number of carbonyl (C=O) groups excluding carboxylic acids is 1. The predicted octanol–water partition coefficient (Wildman–Crippen LogP) is 5.57. The van der Waals surface area contributed by atoms with E-state index in [1.807, 2.05) is 6.92 Å². The molecule has 0 N–H and O–H groups in total. The van der Waals surface area contributed by atoms with Crippen molar-refractivity contribution in [3.63, 3.8) is 0 Å². The molecule has 0 radical (unpaired) electrons. The van der Waals surface area contributed by atoms with Gasteiger partial charge in [-0.1, -0.05) is 39.7 Å². The number of carbonyl (C=O) groups is 1.